The van der Waals surface area contributed by atoms with E-state index in [1.165, 1.54) is 0 Å². The molecule has 3 N–H and O–H groups in total. The molecule has 3 aromatic rings. The highest BCUT2D eigenvalue weighted by molar-refractivity contribution is 5.91. The molecule has 2 atom stereocenters. The van der Waals surface area contributed by atoms with E-state index in [0.29, 0.717) is 18.5 Å². The summed E-state index contributed by atoms with van der Waals surface area (Å²) >= 11 is 0. The van der Waals surface area contributed by atoms with E-state index in [2.05, 4.69) is 16.0 Å². The third-order valence-electron chi connectivity index (χ3n) is 7.32. The molecule has 3 rings (SSSR count). The Labute approximate surface area is 302 Å². The zero-order valence-corrected chi connectivity index (χ0v) is 28.9. The van der Waals surface area contributed by atoms with Gasteiger partial charge in [0.05, 0.1) is 19.8 Å². The lowest BCUT2D eigenvalue weighted by atomic mass is 10.1. The van der Waals surface area contributed by atoms with Crippen molar-refractivity contribution in [3.63, 3.8) is 0 Å². The first-order valence-electron chi connectivity index (χ1n) is 16.9. The summed E-state index contributed by atoms with van der Waals surface area (Å²) in [7, 11) is 0. The fourth-order valence-corrected chi connectivity index (χ4v) is 4.57. The summed E-state index contributed by atoms with van der Waals surface area (Å²) in [5, 5.41) is 7.60. The minimum atomic E-state index is -1.29. The molecule has 0 aliphatic rings. The standard InChI is InChI=1S/C38H45N3O11/c42-28-39-20-21-48-22-23-49-27-34(43)40-32(16-18-35(44)50-24-29-10-4-1-5-11-29)37(46)41-33(38(47)52-26-31-14-8-3-9-15-31)17-19-36(45)51-25-30-12-6-2-7-13-30/h1-15,28,32-33H,16-27H2,(H,39,42)(H,40,43)(H,41,46). The number of nitrogens with one attached hydrogen (secondary N) is 3. The second kappa shape index (κ2) is 24.5. The maximum absolute atomic E-state index is 13.6. The smallest absolute Gasteiger partial charge is 0.328 e. The van der Waals surface area contributed by atoms with Crippen molar-refractivity contribution in [2.75, 3.05) is 33.0 Å². The van der Waals surface area contributed by atoms with Gasteiger partial charge in [0.25, 0.3) is 0 Å². The van der Waals surface area contributed by atoms with Crippen molar-refractivity contribution in [3.8, 4) is 0 Å². The molecule has 0 saturated carbocycles. The zero-order valence-electron chi connectivity index (χ0n) is 28.9. The molecule has 14 nitrogen and oxygen atoms in total. The van der Waals surface area contributed by atoms with Crippen LogP contribution in [0.2, 0.25) is 0 Å². The van der Waals surface area contributed by atoms with Gasteiger partial charge in [-0.1, -0.05) is 91.0 Å². The Morgan fingerprint density at radius 1 is 0.577 bits per heavy atom. The molecule has 0 spiro atoms. The predicted molar refractivity (Wildman–Crippen MR) is 187 cm³/mol. The summed E-state index contributed by atoms with van der Waals surface area (Å²) in [6, 6.07) is 24.5. The van der Waals surface area contributed by atoms with E-state index in [9.17, 15) is 28.8 Å². The monoisotopic (exact) mass is 719 g/mol. The number of carbonyl (C=O) groups is 6. The van der Waals surface area contributed by atoms with Gasteiger partial charge < -0.3 is 39.6 Å². The lowest BCUT2D eigenvalue weighted by Gasteiger charge is -2.22. The van der Waals surface area contributed by atoms with Crippen LogP contribution >= 0.6 is 0 Å². The highest BCUT2D eigenvalue weighted by atomic mass is 16.5. The lowest BCUT2D eigenvalue weighted by molar-refractivity contribution is -0.151. The molecule has 14 heteroatoms. The Kier molecular flexibility index (Phi) is 19.3. The third-order valence-corrected chi connectivity index (χ3v) is 7.32. The summed E-state index contributed by atoms with van der Waals surface area (Å²) in [5.41, 5.74) is 2.27. The van der Waals surface area contributed by atoms with Crippen molar-refractivity contribution in [2.45, 2.75) is 57.6 Å². The van der Waals surface area contributed by atoms with Gasteiger partial charge in [-0.05, 0) is 29.5 Å². The Bertz CT molecular complexity index is 1520. The molecule has 0 radical (unpaired) electrons. The van der Waals surface area contributed by atoms with Gasteiger partial charge >= 0.3 is 17.9 Å². The number of rotatable bonds is 25. The van der Waals surface area contributed by atoms with Gasteiger partial charge in [-0.25, -0.2) is 4.79 Å². The molecule has 0 aromatic heterocycles. The Hall–Kier alpha value is -5.60. The first kappa shape index (κ1) is 40.8. The molecule has 0 aliphatic heterocycles. The normalized spacial score (nSPS) is 11.7. The second-order valence-electron chi connectivity index (χ2n) is 11.4. The van der Waals surface area contributed by atoms with E-state index < -0.39 is 48.4 Å². The fourth-order valence-electron chi connectivity index (χ4n) is 4.57. The van der Waals surface area contributed by atoms with E-state index in [1.807, 2.05) is 42.5 Å². The maximum Gasteiger partial charge on any atom is 0.328 e. The lowest BCUT2D eigenvalue weighted by Crippen LogP contribution is -2.52. The predicted octanol–water partition coefficient (Wildman–Crippen LogP) is 2.53. The van der Waals surface area contributed by atoms with Crippen LogP contribution in [0, 0.1) is 0 Å². The molecule has 52 heavy (non-hydrogen) atoms. The number of carbonyl (C=O) groups excluding carboxylic acids is 6. The number of ether oxygens (including phenoxy) is 5. The van der Waals surface area contributed by atoms with Crippen molar-refractivity contribution in [1.82, 2.24) is 16.0 Å². The second-order valence-corrected chi connectivity index (χ2v) is 11.4. The van der Waals surface area contributed by atoms with Crippen LogP contribution in [0.5, 0.6) is 0 Å². The van der Waals surface area contributed by atoms with Gasteiger partial charge in [-0.2, -0.15) is 0 Å². The molecule has 0 aliphatic carbocycles. The quantitative estimate of drug-likeness (QED) is 0.0506. The molecule has 278 valence electrons. The van der Waals surface area contributed by atoms with Crippen LogP contribution in [0.1, 0.15) is 42.4 Å². The summed E-state index contributed by atoms with van der Waals surface area (Å²) in [6.45, 7) is 0.370. The first-order valence-corrected chi connectivity index (χ1v) is 16.9. The molecule has 0 fully saturated rings. The van der Waals surface area contributed by atoms with E-state index in [0.717, 1.165) is 11.1 Å². The highest BCUT2D eigenvalue weighted by Crippen LogP contribution is 2.10. The minimum absolute atomic E-state index is 0.0275. The average Bonchev–Trinajstić information content (AvgIpc) is 3.17. The van der Waals surface area contributed by atoms with E-state index in [-0.39, 0.29) is 65.3 Å². The van der Waals surface area contributed by atoms with Crippen molar-refractivity contribution in [2.24, 2.45) is 0 Å². The van der Waals surface area contributed by atoms with E-state index in [1.54, 1.807) is 48.5 Å². The largest absolute Gasteiger partial charge is 0.461 e. The van der Waals surface area contributed by atoms with Crippen LogP contribution in [0.25, 0.3) is 0 Å². The van der Waals surface area contributed by atoms with Crippen molar-refractivity contribution >= 4 is 36.1 Å². The van der Waals surface area contributed by atoms with Gasteiger partial charge in [-0.15, -0.1) is 0 Å². The number of amides is 3. The van der Waals surface area contributed by atoms with Crippen molar-refractivity contribution < 1.29 is 52.5 Å². The molecule has 0 bridgehead atoms. The van der Waals surface area contributed by atoms with Crippen LogP contribution in [0.4, 0.5) is 0 Å². The van der Waals surface area contributed by atoms with Gasteiger partial charge in [0.2, 0.25) is 18.2 Å². The molecular weight excluding hydrogens is 674 g/mol. The number of hydrogen-bond donors (Lipinski definition) is 3. The number of hydrogen-bond acceptors (Lipinski definition) is 11. The number of esters is 3. The van der Waals surface area contributed by atoms with Gasteiger partial charge in [0, 0.05) is 19.4 Å². The van der Waals surface area contributed by atoms with E-state index >= 15 is 0 Å². The van der Waals surface area contributed by atoms with Crippen molar-refractivity contribution in [1.29, 1.82) is 0 Å². The molecule has 2 unspecified atom stereocenters. The van der Waals surface area contributed by atoms with Crippen LogP contribution in [0.15, 0.2) is 91.0 Å². The summed E-state index contributed by atoms with van der Waals surface area (Å²) in [6.07, 6.45) is -0.218. The first-order chi connectivity index (χ1) is 25.3. The third kappa shape index (κ3) is 17.4. The maximum atomic E-state index is 13.6. The topological polar surface area (TPSA) is 185 Å². The Balaban J connectivity index is 1.63. The minimum Gasteiger partial charge on any atom is -0.461 e. The molecule has 0 saturated heterocycles. The van der Waals surface area contributed by atoms with E-state index in [4.69, 9.17) is 23.7 Å². The van der Waals surface area contributed by atoms with Crippen LogP contribution < -0.4 is 16.0 Å². The van der Waals surface area contributed by atoms with Gasteiger partial charge in [0.15, 0.2) is 0 Å². The fraction of sp³-hybridized carbons (Fsp3) is 0.368. The Morgan fingerprint density at radius 2 is 1.06 bits per heavy atom. The molecule has 3 amide bonds. The van der Waals surface area contributed by atoms with Crippen LogP contribution in [-0.2, 0) is 72.3 Å². The SMILES string of the molecule is O=CNCCOCCOCC(=O)NC(CCC(=O)OCc1ccccc1)C(=O)NC(CCC(=O)OCc1ccccc1)C(=O)OCc1ccccc1. The van der Waals surface area contributed by atoms with Crippen LogP contribution in [-0.4, -0.2) is 81.2 Å². The summed E-state index contributed by atoms with van der Waals surface area (Å²) in [5.74, 6) is -3.44. The van der Waals surface area contributed by atoms with Gasteiger partial charge in [-0.3, -0.25) is 24.0 Å². The zero-order chi connectivity index (χ0) is 37.2. The molecule has 0 heterocycles. The highest BCUT2D eigenvalue weighted by Gasteiger charge is 2.29. The summed E-state index contributed by atoms with van der Waals surface area (Å²) < 4.78 is 26.8. The van der Waals surface area contributed by atoms with Crippen molar-refractivity contribution in [3.05, 3.63) is 108 Å². The van der Waals surface area contributed by atoms with Gasteiger partial charge in [0.1, 0.15) is 38.5 Å². The number of benzene rings is 3. The molecule has 3 aromatic carbocycles. The van der Waals surface area contributed by atoms with Crippen LogP contribution in [0.3, 0.4) is 0 Å². The summed E-state index contributed by atoms with van der Waals surface area (Å²) in [4.78, 5) is 75.2. The Morgan fingerprint density at radius 3 is 1.58 bits per heavy atom. The average molecular weight is 720 g/mol. The molecular formula is C38H45N3O11.